The molecule has 0 aliphatic rings. The molecule has 0 aliphatic carbocycles. The van der Waals surface area contributed by atoms with Gasteiger partial charge in [-0.25, -0.2) is 0 Å². The van der Waals surface area contributed by atoms with Gasteiger partial charge in [0, 0.05) is 52.1 Å². The molecule has 0 atom stereocenters. The lowest BCUT2D eigenvalue weighted by molar-refractivity contribution is -0.127. The van der Waals surface area contributed by atoms with Gasteiger partial charge in [0.2, 0.25) is 11.7 Å². The van der Waals surface area contributed by atoms with Crippen molar-refractivity contribution >= 4 is 17.6 Å². The molecule has 236 valence electrons. The van der Waals surface area contributed by atoms with Crippen molar-refractivity contribution in [3.8, 4) is 35.2 Å². The van der Waals surface area contributed by atoms with Crippen molar-refractivity contribution in [3.05, 3.63) is 57.6 Å². The van der Waals surface area contributed by atoms with Crippen LogP contribution >= 0.6 is 0 Å². The first-order valence-corrected chi connectivity index (χ1v) is 14.8. The monoisotopic (exact) mass is 600 g/mol. The van der Waals surface area contributed by atoms with Gasteiger partial charge < -0.3 is 10.2 Å². The predicted molar refractivity (Wildman–Crippen MR) is 175 cm³/mol. The van der Waals surface area contributed by atoms with Gasteiger partial charge in [-0.1, -0.05) is 94.9 Å². The zero-order valence-corrected chi connectivity index (χ0v) is 28.3. The zero-order chi connectivity index (χ0) is 33.8. The van der Waals surface area contributed by atoms with Crippen LogP contribution in [0.2, 0.25) is 0 Å². The molecule has 4 N–H and O–H groups in total. The van der Waals surface area contributed by atoms with Crippen LogP contribution in [0, 0.1) is 23.7 Å². The number of nitrogens with one attached hydrogen (secondary N) is 2. The highest BCUT2D eigenvalue weighted by Crippen LogP contribution is 2.40. The van der Waals surface area contributed by atoms with Gasteiger partial charge in [-0.15, -0.1) is 0 Å². The number of hydrogen-bond donors (Lipinski definition) is 4. The molecule has 0 spiro atoms. The van der Waals surface area contributed by atoms with Crippen LogP contribution < -0.4 is 10.9 Å². The van der Waals surface area contributed by atoms with E-state index in [0.717, 1.165) is 22.3 Å². The quantitative estimate of drug-likeness (QED) is 0.248. The van der Waals surface area contributed by atoms with Crippen LogP contribution in [0.25, 0.3) is 0 Å². The Morgan fingerprint density at radius 1 is 0.568 bits per heavy atom. The van der Waals surface area contributed by atoms with Crippen molar-refractivity contribution in [3.63, 3.8) is 0 Å². The van der Waals surface area contributed by atoms with Crippen molar-refractivity contribution < 1.29 is 24.6 Å². The van der Waals surface area contributed by atoms with E-state index in [-0.39, 0.29) is 46.0 Å². The van der Waals surface area contributed by atoms with Gasteiger partial charge in [0.25, 0.3) is 0 Å². The van der Waals surface area contributed by atoms with Gasteiger partial charge in [-0.3, -0.25) is 25.2 Å². The van der Waals surface area contributed by atoms with E-state index in [4.69, 9.17) is 0 Å². The maximum absolute atomic E-state index is 12.4. The Balaban J connectivity index is 2.07. The van der Waals surface area contributed by atoms with Gasteiger partial charge in [-0.05, 0) is 51.8 Å². The smallest absolute Gasteiger partial charge is 0.314 e. The molecule has 0 bridgehead atoms. The third-order valence-corrected chi connectivity index (χ3v) is 7.01. The number of phenols is 2. The largest absolute Gasteiger partial charge is 0.507 e. The minimum Gasteiger partial charge on any atom is -0.507 e. The van der Waals surface area contributed by atoms with Gasteiger partial charge >= 0.3 is 5.91 Å². The number of rotatable bonds is 3. The summed E-state index contributed by atoms with van der Waals surface area (Å²) in [7, 11) is 0. The standard InChI is InChI=1S/C37H48N2O5/c1-34(2,3)26-19-23(20-27(32(26)43)35(4,5)6)13-15-25(40)16-18-31(42)39-38-30(41)17-14-24-21-28(36(7,8)9)33(44)29(22-24)37(10,11)12/h19-22,43-44H,16,18H2,1-12H3,(H,38,41)(H,39,42). The van der Waals surface area contributed by atoms with Crippen LogP contribution in [0.4, 0.5) is 0 Å². The highest BCUT2D eigenvalue weighted by Gasteiger charge is 2.27. The second kappa shape index (κ2) is 13.2. The van der Waals surface area contributed by atoms with Crippen molar-refractivity contribution in [1.82, 2.24) is 10.9 Å². The summed E-state index contributed by atoms with van der Waals surface area (Å²) < 4.78 is 0. The van der Waals surface area contributed by atoms with Crippen LogP contribution in [0.1, 0.15) is 129 Å². The van der Waals surface area contributed by atoms with Gasteiger partial charge in [-0.2, -0.15) is 0 Å². The molecule has 7 nitrogen and oxygen atoms in total. The zero-order valence-electron chi connectivity index (χ0n) is 28.3. The van der Waals surface area contributed by atoms with Gasteiger partial charge in [0.05, 0.1) is 0 Å². The molecule has 0 saturated carbocycles. The van der Waals surface area contributed by atoms with Crippen LogP contribution in [0.15, 0.2) is 24.3 Å². The molecular weight excluding hydrogens is 552 g/mol. The predicted octanol–water partition coefficient (Wildman–Crippen LogP) is 6.19. The number of phenolic OH excluding ortho intramolecular Hbond substituents is 2. The molecule has 0 fully saturated rings. The van der Waals surface area contributed by atoms with Crippen molar-refractivity contribution in [1.29, 1.82) is 0 Å². The first kappa shape index (κ1) is 36.0. The Labute approximate surface area is 263 Å². The van der Waals surface area contributed by atoms with Crippen molar-refractivity contribution in [2.24, 2.45) is 0 Å². The molecule has 2 rings (SSSR count). The van der Waals surface area contributed by atoms with Crippen LogP contribution in [0.3, 0.4) is 0 Å². The summed E-state index contributed by atoms with van der Waals surface area (Å²) in [6.07, 6.45) is -0.297. The van der Waals surface area contributed by atoms with Crippen LogP contribution in [-0.2, 0) is 36.0 Å². The van der Waals surface area contributed by atoms with Crippen LogP contribution in [-0.4, -0.2) is 27.8 Å². The maximum Gasteiger partial charge on any atom is 0.314 e. The number of Topliss-reactive ketones (excluding diaryl/α,β-unsaturated/α-hetero) is 1. The van der Waals surface area contributed by atoms with E-state index in [1.54, 1.807) is 24.3 Å². The molecule has 0 unspecified atom stereocenters. The summed E-state index contributed by atoms with van der Waals surface area (Å²) in [5, 5.41) is 21.7. The number of carbonyl (C=O) groups is 3. The summed E-state index contributed by atoms with van der Waals surface area (Å²) in [6, 6.07) is 7.12. The number of amides is 2. The van der Waals surface area contributed by atoms with E-state index in [1.807, 2.05) is 83.1 Å². The van der Waals surface area contributed by atoms with E-state index in [9.17, 15) is 24.6 Å². The second-order valence-corrected chi connectivity index (χ2v) is 15.3. The normalized spacial score (nSPS) is 11.9. The third-order valence-electron chi connectivity index (χ3n) is 7.01. The highest BCUT2D eigenvalue weighted by atomic mass is 16.3. The summed E-state index contributed by atoms with van der Waals surface area (Å²) in [5.41, 5.74) is 7.32. The van der Waals surface area contributed by atoms with E-state index in [0.29, 0.717) is 11.1 Å². The first-order chi connectivity index (χ1) is 19.9. The fraction of sp³-hybridized carbons (Fsp3) is 0.486. The minimum atomic E-state index is -0.719. The number of hydrazine groups is 1. The number of ketones is 1. The molecule has 0 aliphatic heterocycles. The average Bonchev–Trinajstić information content (AvgIpc) is 2.86. The fourth-order valence-electron chi connectivity index (χ4n) is 4.48. The van der Waals surface area contributed by atoms with E-state index in [2.05, 4.69) is 34.5 Å². The van der Waals surface area contributed by atoms with Crippen LogP contribution in [0.5, 0.6) is 11.5 Å². The van der Waals surface area contributed by atoms with Gasteiger partial charge in [0.1, 0.15) is 11.5 Å². The third kappa shape index (κ3) is 9.91. The lowest BCUT2D eigenvalue weighted by atomic mass is 9.78. The van der Waals surface area contributed by atoms with Crippen molar-refractivity contribution in [2.45, 2.75) is 118 Å². The van der Waals surface area contributed by atoms with Gasteiger partial charge in [0.15, 0.2) is 0 Å². The highest BCUT2D eigenvalue weighted by molar-refractivity contribution is 5.98. The molecule has 2 amide bonds. The fourth-order valence-corrected chi connectivity index (χ4v) is 4.48. The van der Waals surface area contributed by atoms with E-state index < -0.39 is 17.6 Å². The number of hydrogen-bond acceptors (Lipinski definition) is 5. The Hall–Kier alpha value is -4.23. The lowest BCUT2D eigenvalue weighted by Gasteiger charge is -2.27. The molecule has 0 saturated heterocycles. The molecular formula is C37H48N2O5. The lowest BCUT2D eigenvalue weighted by Crippen LogP contribution is -2.41. The van der Waals surface area contributed by atoms with E-state index in [1.165, 1.54) is 0 Å². The Bertz CT molecular complexity index is 1380. The molecule has 0 aromatic heterocycles. The summed E-state index contributed by atoms with van der Waals surface area (Å²) in [5.74, 6) is 9.52. The molecule has 0 radical (unpaired) electrons. The number of carbonyl (C=O) groups excluding carboxylic acids is 3. The molecule has 44 heavy (non-hydrogen) atoms. The summed E-state index contributed by atoms with van der Waals surface area (Å²) in [6.45, 7) is 23.9. The van der Waals surface area contributed by atoms with E-state index >= 15 is 0 Å². The van der Waals surface area contributed by atoms with Crippen molar-refractivity contribution in [2.75, 3.05) is 0 Å². The Morgan fingerprint density at radius 3 is 1.25 bits per heavy atom. The average molecular weight is 601 g/mol. The molecule has 7 heteroatoms. The summed E-state index contributed by atoms with van der Waals surface area (Å²) >= 11 is 0. The summed E-state index contributed by atoms with van der Waals surface area (Å²) in [4.78, 5) is 37.0. The Morgan fingerprint density at radius 2 is 0.909 bits per heavy atom. The SMILES string of the molecule is CC(C)(C)c1cc(C#CC(=O)CCC(=O)NNC(=O)C#Cc2cc(C(C)(C)C)c(O)c(C(C)(C)C)c2)cc(C(C)(C)C)c1O. The number of aromatic hydroxyl groups is 2. The topological polar surface area (TPSA) is 116 Å². The molecule has 0 heterocycles. The maximum atomic E-state index is 12.4. The Kier molecular flexibility index (Phi) is 10.8. The second-order valence-electron chi connectivity index (χ2n) is 15.3. The number of benzene rings is 2. The minimum absolute atomic E-state index is 0.130. The first-order valence-electron chi connectivity index (χ1n) is 14.8. The molecule has 2 aromatic carbocycles. The molecule has 2 aromatic rings.